The first-order valence-electron chi connectivity index (χ1n) is 8.89. The highest BCUT2D eigenvalue weighted by Crippen LogP contribution is 2.35. The first kappa shape index (κ1) is 16.5. The Hall–Kier alpha value is -1.99. The monoisotopic (exact) mass is 343 g/mol. The average molecular weight is 343 g/mol. The molecular weight excluding hydrogens is 318 g/mol. The maximum Gasteiger partial charge on any atom is 0.225 e. The van der Waals surface area contributed by atoms with Gasteiger partial charge in [0.2, 0.25) is 5.95 Å². The Balaban J connectivity index is 1.49. The normalized spacial score (nSPS) is 24.8. The van der Waals surface area contributed by atoms with Crippen molar-refractivity contribution in [3.05, 3.63) is 35.5 Å². The molecule has 134 valence electrons. The molecule has 4 heterocycles. The van der Waals surface area contributed by atoms with Crippen molar-refractivity contribution in [3.63, 3.8) is 0 Å². The number of anilines is 1. The van der Waals surface area contributed by atoms with Gasteiger partial charge in [-0.1, -0.05) is 5.16 Å². The minimum Gasteiger partial charge on any atom is -0.379 e. The van der Waals surface area contributed by atoms with E-state index in [0.29, 0.717) is 0 Å². The summed E-state index contributed by atoms with van der Waals surface area (Å²) < 4.78 is 11.3. The van der Waals surface area contributed by atoms with Crippen LogP contribution >= 0.6 is 0 Å². The van der Waals surface area contributed by atoms with Gasteiger partial charge in [0.1, 0.15) is 5.76 Å². The highest BCUT2D eigenvalue weighted by atomic mass is 16.5. The van der Waals surface area contributed by atoms with Crippen LogP contribution in [-0.2, 0) is 11.3 Å². The van der Waals surface area contributed by atoms with E-state index in [4.69, 9.17) is 9.26 Å². The molecule has 0 amide bonds. The molecule has 7 heteroatoms. The summed E-state index contributed by atoms with van der Waals surface area (Å²) in [6.45, 7) is 10.3. The molecule has 2 aromatic rings. The molecule has 2 saturated heterocycles. The summed E-state index contributed by atoms with van der Waals surface area (Å²) in [5.41, 5.74) is 2.33. The molecule has 0 aliphatic carbocycles. The molecule has 7 nitrogen and oxygen atoms in total. The van der Waals surface area contributed by atoms with Crippen molar-refractivity contribution >= 4 is 5.95 Å². The third-order valence-electron chi connectivity index (χ3n) is 5.36. The smallest absolute Gasteiger partial charge is 0.225 e. The second-order valence-corrected chi connectivity index (χ2v) is 7.29. The lowest BCUT2D eigenvalue weighted by Gasteiger charge is -2.31. The molecule has 0 N–H and O–H groups in total. The van der Waals surface area contributed by atoms with Crippen LogP contribution < -0.4 is 4.90 Å². The van der Waals surface area contributed by atoms with E-state index >= 15 is 0 Å². The Morgan fingerprint density at radius 3 is 2.76 bits per heavy atom. The maximum absolute atomic E-state index is 5.98. The zero-order valence-corrected chi connectivity index (χ0v) is 14.9. The third kappa shape index (κ3) is 3.39. The van der Waals surface area contributed by atoms with E-state index in [1.807, 2.05) is 19.9 Å². The minimum absolute atomic E-state index is 0.134. The van der Waals surface area contributed by atoms with Crippen LogP contribution in [0.15, 0.2) is 23.0 Å². The number of rotatable bonds is 3. The van der Waals surface area contributed by atoms with Crippen molar-refractivity contribution in [2.45, 2.75) is 26.8 Å². The fourth-order valence-electron chi connectivity index (χ4n) is 3.97. The summed E-state index contributed by atoms with van der Waals surface area (Å²) >= 11 is 0. The molecular formula is C18H25N5O2. The number of ether oxygens (including phenoxy) is 1. The fourth-order valence-corrected chi connectivity index (χ4v) is 3.97. The summed E-state index contributed by atoms with van der Waals surface area (Å²) in [4.78, 5) is 13.6. The van der Waals surface area contributed by atoms with Crippen LogP contribution in [0, 0.1) is 19.3 Å². The molecule has 0 radical (unpaired) electrons. The predicted octanol–water partition coefficient (Wildman–Crippen LogP) is 1.81. The van der Waals surface area contributed by atoms with Gasteiger partial charge in [-0.15, -0.1) is 0 Å². The molecule has 0 unspecified atom stereocenters. The number of aryl methyl sites for hydroxylation is 2. The Morgan fingerprint density at radius 1 is 1.16 bits per heavy atom. The van der Waals surface area contributed by atoms with Gasteiger partial charge >= 0.3 is 0 Å². The maximum atomic E-state index is 5.98. The molecule has 2 fully saturated rings. The molecule has 2 aromatic heterocycles. The van der Waals surface area contributed by atoms with E-state index in [-0.39, 0.29) is 5.41 Å². The van der Waals surface area contributed by atoms with Gasteiger partial charge in [0.25, 0.3) is 0 Å². The van der Waals surface area contributed by atoms with Crippen molar-refractivity contribution in [1.82, 2.24) is 20.0 Å². The fraction of sp³-hybridized carbons (Fsp3) is 0.611. The zero-order valence-electron chi connectivity index (χ0n) is 14.9. The van der Waals surface area contributed by atoms with Crippen molar-refractivity contribution < 1.29 is 9.26 Å². The van der Waals surface area contributed by atoms with E-state index < -0.39 is 0 Å². The molecule has 2 aliphatic rings. The molecule has 0 bridgehead atoms. The summed E-state index contributed by atoms with van der Waals surface area (Å²) in [7, 11) is 0. The van der Waals surface area contributed by atoms with Gasteiger partial charge in [-0.25, -0.2) is 9.97 Å². The van der Waals surface area contributed by atoms with Crippen LogP contribution in [0.4, 0.5) is 5.95 Å². The van der Waals surface area contributed by atoms with Crippen molar-refractivity contribution in [2.75, 3.05) is 44.3 Å². The standard InChI is InChI=1S/C18H25N5O2/c1-14-16(15(2)25-21-14)10-22-8-9-24-13-18(11-22)4-7-23(12-18)17-19-5-3-6-20-17/h3,5-6H,4,7-13H2,1-2H3/t18-/m1/s1. The lowest BCUT2D eigenvalue weighted by atomic mass is 9.87. The van der Waals surface area contributed by atoms with Crippen molar-refractivity contribution in [3.8, 4) is 0 Å². The highest BCUT2D eigenvalue weighted by Gasteiger charge is 2.42. The van der Waals surface area contributed by atoms with E-state index in [1.165, 1.54) is 5.56 Å². The van der Waals surface area contributed by atoms with Gasteiger partial charge in [-0.2, -0.15) is 0 Å². The van der Waals surface area contributed by atoms with Gasteiger partial charge in [0.15, 0.2) is 0 Å². The molecule has 2 aliphatic heterocycles. The van der Waals surface area contributed by atoms with E-state index in [0.717, 1.165) is 69.8 Å². The minimum atomic E-state index is 0.134. The van der Waals surface area contributed by atoms with Gasteiger partial charge in [0.05, 0.1) is 18.9 Å². The van der Waals surface area contributed by atoms with Crippen LogP contribution in [0.25, 0.3) is 0 Å². The van der Waals surface area contributed by atoms with Crippen molar-refractivity contribution in [1.29, 1.82) is 0 Å². The Labute approximate surface area is 148 Å². The second kappa shape index (κ2) is 6.72. The van der Waals surface area contributed by atoms with E-state index in [9.17, 15) is 0 Å². The van der Waals surface area contributed by atoms with Crippen LogP contribution in [0.2, 0.25) is 0 Å². The lowest BCUT2D eigenvalue weighted by Crippen LogP contribution is -2.40. The number of hydrogen-bond donors (Lipinski definition) is 0. The SMILES string of the molecule is Cc1noc(C)c1CN1CCOC[C@]2(CCN(c3ncccn3)C2)C1. The van der Waals surface area contributed by atoms with Crippen LogP contribution in [0.3, 0.4) is 0 Å². The van der Waals surface area contributed by atoms with Gasteiger partial charge in [0, 0.05) is 56.1 Å². The van der Waals surface area contributed by atoms with Gasteiger partial charge in [-0.05, 0) is 26.3 Å². The lowest BCUT2D eigenvalue weighted by molar-refractivity contribution is 0.0798. The van der Waals surface area contributed by atoms with Crippen LogP contribution in [0.5, 0.6) is 0 Å². The second-order valence-electron chi connectivity index (χ2n) is 7.29. The molecule has 1 spiro atoms. The number of nitrogens with zero attached hydrogens (tertiary/aromatic N) is 5. The third-order valence-corrected chi connectivity index (χ3v) is 5.36. The summed E-state index contributed by atoms with van der Waals surface area (Å²) in [6.07, 6.45) is 4.71. The number of aromatic nitrogens is 3. The predicted molar refractivity (Wildman–Crippen MR) is 93.4 cm³/mol. The largest absolute Gasteiger partial charge is 0.379 e. The Kier molecular flexibility index (Phi) is 4.43. The summed E-state index contributed by atoms with van der Waals surface area (Å²) in [6, 6.07) is 1.86. The topological polar surface area (TPSA) is 67.5 Å². The molecule has 0 saturated carbocycles. The Morgan fingerprint density at radius 2 is 2.00 bits per heavy atom. The highest BCUT2D eigenvalue weighted by molar-refractivity contribution is 5.32. The van der Waals surface area contributed by atoms with Gasteiger partial charge < -0.3 is 14.2 Å². The van der Waals surface area contributed by atoms with Crippen molar-refractivity contribution in [2.24, 2.45) is 5.41 Å². The van der Waals surface area contributed by atoms with E-state index in [1.54, 1.807) is 12.4 Å². The summed E-state index contributed by atoms with van der Waals surface area (Å²) in [5, 5.41) is 4.09. The van der Waals surface area contributed by atoms with Gasteiger partial charge in [-0.3, -0.25) is 4.90 Å². The number of hydrogen-bond acceptors (Lipinski definition) is 7. The summed E-state index contributed by atoms with van der Waals surface area (Å²) in [5.74, 6) is 1.74. The average Bonchev–Trinajstić information content (AvgIpc) is 3.10. The van der Waals surface area contributed by atoms with Crippen LogP contribution in [0.1, 0.15) is 23.4 Å². The first-order chi connectivity index (χ1) is 12.2. The first-order valence-corrected chi connectivity index (χ1v) is 8.89. The Bertz CT molecular complexity index is 700. The molecule has 4 rings (SSSR count). The zero-order chi connectivity index (χ0) is 17.3. The van der Waals surface area contributed by atoms with E-state index in [2.05, 4.69) is 24.9 Å². The molecule has 25 heavy (non-hydrogen) atoms. The van der Waals surface area contributed by atoms with Crippen LogP contribution in [-0.4, -0.2) is 59.4 Å². The molecule has 1 atom stereocenters. The molecule has 0 aromatic carbocycles. The quantitative estimate of drug-likeness (QED) is 0.842.